The normalized spacial score (nSPS) is 11.8. The highest BCUT2D eigenvalue weighted by Gasteiger charge is 2.24. The van der Waals surface area contributed by atoms with Gasteiger partial charge in [0, 0.05) is 14.1 Å². The second-order valence-corrected chi connectivity index (χ2v) is 4.08. The summed E-state index contributed by atoms with van der Waals surface area (Å²) in [5.74, 6) is -0.318. The summed E-state index contributed by atoms with van der Waals surface area (Å²) in [5.41, 5.74) is -0.447. The van der Waals surface area contributed by atoms with Crippen molar-refractivity contribution in [3.05, 3.63) is 21.6 Å². The fourth-order valence-corrected chi connectivity index (χ4v) is 1.48. The summed E-state index contributed by atoms with van der Waals surface area (Å²) < 4.78 is 0. The molecule has 0 fully saturated rings. The van der Waals surface area contributed by atoms with Gasteiger partial charge in [0.05, 0.1) is 4.92 Å². The third-order valence-electron chi connectivity index (χ3n) is 2.12. The Bertz CT molecular complexity index is 479. The molecular formula is C9H12ClN5O3. The summed E-state index contributed by atoms with van der Waals surface area (Å²) in [6.07, 6.45) is 1.09. The van der Waals surface area contributed by atoms with Crippen LogP contribution in [0.5, 0.6) is 0 Å². The van der Waals surface area contributed by atoms with Crippen LogP contribution in [0.25, 0.3) is 0 Å². The van der Waals surface area contributed by atoms with Gasteiger partial charge >= 0.3 is 5.69 Å². The van der Waals surface area contributed by atoms with Crippen molar-refractivity contribution in [3.63, 3.8) is 0 Å². The number of carbonyl (C=O) groups excluding carboxylic acids is 1. The van der Waals surface area contributed by atoms with Crippen LogP contribution in [0.1, 0.15) is 6.92 Å². The average molecular weight is 274 g/mol. The number of amides is 1. The number of nitro groups is 1. The molecule has 0 saturated carbocycles. The molecule has 9 heteroatoms. The minimum atomic E-state index is -0.697. The van der Waals surface area contributed by atoms with Crippen molar-refractivity contribution in [1.29, 1.82) is 0 Å². The Balaban J connectivity index is 3.01. The van der Waals surface area contributed by atoms with Crippen LogP contribution in [0.4, 0.5) is 11.5 Å². The van der Waals surface area contributed by atoms with Crippen molar-refractivity contribution in [2.24, 2.45) is 0 Å². The van der Waals surface area contributed by atoms with Crippen molar-refractivity contribution in [3.8, 4) is 0 Å². The molecule has 1 amide bonds. The summed E-state index contributed by atoms with van der Waals surface area (Å²) in [5, 5.41) is 13.2. The Hall–Kier alpha value is -1.96. The molecule has 0 spiro atoms. The minimum absolute atomic E-state index is 0.0808. The summed E-state index contributed by atoms with van der Waals surface area (Å²) in [6.45, 7) is 1.57. The van der Waals surface area contributed by atoms with Gasteiger partial charge in [-0.15, -0.1) is 0 Å². The lowest BCUT2D eigenvalue weighted by molar-refractivity contribution is -0.384. The zero-order chi connectivity index (χ0) is 13.9. The first-order valence-corrected chi connectivity index (χ1v) is 5.35. The Labute approximate surface area is 108 Å². The lowest BCUT2D eigenvalue weighted by atomic mass is 10.3. The van der Waals surface area contributed by atoms with Crippen LogP contribution in [-0.2, 0) is 4.79 Å². The molecule has 0 radical (unpaired) electrons. The van der Waals surface area contributed by atoms with Crippen LogP contribution in [0, 0.1) is 10.1 Å². The standard InChI is InChI=1S/C9H12ClN5O3/c1-5(9(16)14(2)3)13-8-6(15(17)18)7(10)11-4-12-8/h4-5H,1-3H3,(H,11,12,13). The van der Waals surface area contributed by atoms with Gasteiger partial charge in [-0.25, -0.2) is 9.97 Å². The molecule has 0 saturated heterocycles. The Morgan fingerprint density at radius 2 is 2.17 bits per heavy atom. The Morgan fingerprint density at radius 3 is 2.67 bits per heavy atom. The van der Waals surface area contributed by atoms with Crippen LogP contribution in [-0.4, -0.2) is 45.8 Å². The van der Waals surface area contributed by atoms with Gasteiger partial charge in [0.25, 0.3) is 0 Å². The number of rotatable bonds is 4. The zero-order valence-electron chi connectivity index (χ0n) is 10.0. The third kappa shape index (κ3) is 3.04. The molecule has 1 atom stereocenters. The summed E-state index contributed by atoms with van der Waals surface area (Å²) in [6, 6.07) is -0.662. The fraction of sp³-hybridized carbons (Fsp3) is 0.444. The van der Waals surface area contributed by atoms with Gasteiger partial charge in [-0.2, -0.15) is 0 Å². The van der Waals surface area contributed by atoms with E-state index in [-0.39, 0.29) is 16.9 Å². The maximum atomic E-state index is 11.6. The number of likely N-dealkylation sites (N-methyl/N-ethyl adjacent to an activating group) is 1. The van der Waals surface area contributed by atoms with Gasteiger partial charge in [-0.05, 0) is 6.92 Å². The SMILES string of the molecule is CC(Nc1ncnc(Cl)c1[N+](=O)[O-])C(=O)N(C)C. The molecule has 1 N–H and O–H groups in total. The van der Waals surface area contributed by atoms with Crippen LogP contribution in [0.2, 0.25) is 5.15 Å². The maximum absolute atomic E-state index is 11.6. The topological polar surface area (TPSA) is 101 Å². The molecule has 1 aromatic rings. The van der Waals surface area contributed by atoms with E-state index < -0.39 is 16.7 Å². The van der Waals surface area contributed by atoms with E-state index in [0.29, 0.717) is 0 Å². The number of nitrogens with one attached hydrogen (secondary N) is 1. The summed E-state index contributed by atoms with van der Waals surface area (Å²) in [7, 11) is 3.17. The maximum Gasteiger partial charge on any atom is 0.348 e. The lowest BCUT2D eigenvalue weighted by Crippen LogP contribution is -2.37. The van der Waals surface area contributed by atoms with E-state index >= 15 is 0 Å². The van der Waals surface area contributed by atoms with Crippen LogP contribution >= 0.6 is 11.6 Å². The van der Waals surface area contributed by atoms with E-state index in [9.17, 15) is 14.9 Å². The van der Waals surface area contributed by atoms with Gasteiger partial charge in [-0.3, -0.25) is 14.9 Å². The van der Waals surface area contributed by atoms with Gasteiger partial charge in [0.1, 0.15) is 12.4 Å². The van der Waals surface area contributed by atoms with Crippen molar-refractivity contribution in [2.45, 2.75) is 13.0 Å². The molecule has 1 unspecified atom stereocenters. The first kappa shape index (κ1) is 14.1. The van der Waals surface area contributed by atoms with E-state index in [2.05, 4.69) is 15.3 Å². The van der Waals surface area contributed by atoms with Crippen molar-refractivity contribution in [1.82, 2.24) is 14.9 Å². The number of halogens is 1. The Morgan fingerprint density at radius 1 is 1.56 bits per heavy atom. The second-order valence-electron chi connectivity index (χ2n) is 3.72. The molecular weight excluding hydrogens is 262 g/mol. The van der Waals surface area contributed by atoms with Gasteiger partial charge in [0.2, 0.25) is 16.9 Å². The first-order chi connectivity index (χ1) is 8.34. The number of aromatic nitrogens is 2. The quantitative estimate of drug-likeness (QED) is 0.497. The molecule has 0 aliphatic carbocycles. The first-order valence-electron chi connectivity index (χ1n) is 4.97. The van der Waals surface area contributed by atoms with Crippen molar-refractivity contribution < 1.29 is 9.72 Å². The largest absolute Gasteiger partial charge is 0.353 e. The molecule has 98 valence electrons. The number of hydrogen-bond acceptors (Lipinski definition) is 6. The molecule has 18 heavy (non-hydrogen) atoms. The molecule has 0 aliphatic heterocycles. The average Bonchev–Trinajstić information content (AvgIpc) is 2.27. The highest BCUT2D eigenvalue weighted by molar-refractivity contribution is 6.31. The van der Waals surface area contributed by atoms with E-state index in [1.165, 1.54) is 4.90 Å². The van der Waals surface area contributed by atoms with Crippen molar-refractivity contribution >= 4 is 29.0 Å². The molecule has 0 aromatic carbocycles. The van der Waals surface area contributed by atoms with Gasteiger partial charge < -0.3 is 10.2 Å². The summed E-state index contributed by atoms with van der Waals surface area (Å²) >= 11 is 5.62. The third-order valence-corrected chi connectivity index (χ3v) is 2.40. The molecule has 8 nitrogen and oxygen atoms in total. The molecule has 1 aromatic heterocycles. The predicted molar refractivity (Wildman–Crippen MR) is 65.5 cm³/mol. The van der Waals surface area contributed by atoms with Gasteiger partial charge in [0.15, 0.2) is 0 Å². The smallest absolute Gasteiger partial charge is 0.348 e. The number of anilines is 1. The fourth-order valence-electron chi connectivity index (χ4n) is 1.28. The van der Waals surface area contributed by atoms with E-state index in [0.717, 1.165) is 6.33 Å². The predicted octanol–water partition coefficient (Wildman–Crippen LogP) is 0.927. The van der Waals surface area contributed by atoms with E-state index in [1.807, 2.05) is 0 Å². The second kappa shape index (κ2) is 5.58. The highest BCUT2D eigenvalue weighted by atomic mass is 35.5. The number of carbonyl (C=O) groups is 1. The van der Waals surface area contributed by atoms with Crippen molar-refractivity contribution in [2.75, 3.05) is 19.4 Å². The minimum Gasteiger partial charge on any atom is -0.353 e. The zero-order valence-corrected chi connectivity index (χ0v) is 10.8. The number of nitrogens with zero attached hydrogens (tertiary/aromatic N) is 4. The molecule has 0 aliphatic rings. The summed E-state index contributed by atoms with van der Waals surface area (Å²) in [4.78, 5) is 30.4. The highest BCUT2D eigenvalue weighted by Crippen LogP contribution is 2.28. The van der Waals surface area contributed by atoms with Crippen LogP contribution in [0.15, 0.2) is 6.33 Å². The molecule has 1 heterocycles. The van der Waals surface area contributed by atoms with E-state index in [4.69, 9.17) is 11.6 Å². The van der Waals surface area contributed by atoms with E-state index in [1.54, 1.807) is 21.0 Å². The Kier molecular flexibility index (Phi) is 4.38. The monoisotopic (exact) mass is 273 g/mol. The van der Waals surface area contributed by atoms with Crippen LogP contribution < -0.4 is 5.32 Å². The molecule has 1 rings (SSSR count). The number of hydrogen-bond donors (Lipinski definition) is 1. The molecule has 0 bridgehead atoms. The van der Waals surface area contributed by atoms with Gasteiger partial charge in [-0.1, -0.05) is 11.6 Å². The van der Waals surface area contributed by atoms with Crippen LogP contribution in [0.3, 0.4) is 0 Å². The lowest BCUT2D eigenvalue weighted by Gasteiger charge is -2.18.